The summed E-state index contributed by atoms with van der Waals surface area (Å²) in [6.07, 6.45) is 0.00288. The molecule has 1 heterocycles. The monoisotopic (exact) mass is 348 g/mol. The van der Waals surface area contributed by atoms with E-state index in [0.717, 1.165) is 12.1 Å². The Bertz CT molecular complexity index is 837. The van der Waals surface area contributed by atoms with Crippen LogP contribution in [0.2, 0.25) is 0 Å². The second kappa shape index (κ2) is 6.58. The molecule has 0 fully saturated rings. The fourth-order valence-corrected chi connectivity index (χ4v) is 3.10. The van der Waals surface area contributed by atoms with Gasteiger partial charge in [-0.05, 0) is 36.2 Å². The molecule has 1 aliphatic rings. The summed E-state index contributed by atoms with van der Waals surface area (Å²) >= 11 is 0. The molecule has 130 valence electrons. The van der Waals surface area contributed by atoms with Crippen molar-refractivity contribution < 1.29 is 22.8 Å². The summed E-state index contributed by atoms with van der Waals surface area (Å²) in [7, 11) is 0. The van der Waals surface area contributed by atoms with Crippen LogP contribution >= 0.6 is 0 Å². The van der Waals surface area contributed by atoms with Crippen molar-refractivity contribution in [2.45, 2.75) is 25.4 Å². The zero-order valence-electron chi connectivity index (χ0n) is 13.1. The summed E-state index contributed by atoms with van der Waals surface area (Å²) in [5.74, 6) is -3.21. The van der Waals surface area contributed by atoms with E-state index in [4.69, 9.17) is 5.73 Å². The lowest BCUT2D eigenvalue weighted by molar-refractivity contribution is -0.118. The van der Waals surface area contributed by atoms with E-state index in [1.807, 2.05) is 0 Å². The van der Waals surface area contributed by atoms with Crippen LogP contribution in [0, 0.1) is 17.5 Å². The van der Waals surface area contributed by atoms with E-state index < -0.39 is 35.3 Å². The van der Waals surface area contributed by atoms with Gasteiger partial charge in [-0.25, -0.2) is 13.2 Å². The minimum atomic E-state index is -0.813. The lowest BCUT2D eigenvalue weighted by Crippen LogP contribution is -2.28. The first-order valence-corrected chi connectivity index (χ1v) is 7.70. The molecule has 0 aromatic heterocycles. The number of rotatable bonds is 5. The van der Waals surface area contributed by atoms with Crippen molar-refractivity contribution in [2.75, 3.05) is 0 Å². The van der Waals surface area contributed by atoms with Crippen molar-refractivity contribution in [3.63, 3.8) is 0 Å². The molecule has 0 aliphatic carbocycles. The molecule has 2 aromatic carbocycles. The van der Waals surface area contributed by atoms with E-state index in [0.29, 0.717) is 5.56 Å². The minimum absolute atomic E-state index is 0.0378. The van der Waals surface area contributed by atoms with Gasteiger partial charge in [-0.2, -0.15) is 0 Å². The molecule has 1 aliphatic heterocycles. The zero-order chi connectivity index (χ0) is 18.1. The van der Waals surface area contributed by atoms with Crippen molar-refractivity contribution in [2.24, 2.45) is 5.73 Å². The Hall–Kier alpha value is -2.83. The number of primary amides is 1. The van der Waals surface area contributed by atoms with Gasteiger partial charge in [-0.3, -0.25) is 9.59 Å². The lowest BCUT2D eigenvalue weighted by Gasteiger charge is -2.25. The molecule has 4 nitrogen and oxygen atoms in total. The van der Waals surface area contributed by atoms with E-state index in [2.05, 4.69) is 0 Å². The van der Waals surface area contributed by atoms with Crippen LogP contribution in [0.5, 0.6) is 0 Å². The summed E-state index contributed by atoms with van der Waals surface area (Å²) in [6, 6.07) is 6.51. The number of hydrogen-bond donors (Lipinski definition) is 1. The normalized spacial score (nSPS) is 16.2. The average Bonchev–Trinajstić information content (AvgIpc) is 2.85. The van der Waals surface area contributed by atoms with Gasteiger partial charge in [0.2, 0.25) is 5.91 Å². The van der Waals surface area contributed by atoms with Gasteiger partial charge >= 0.3 is 0 Å². The van der Waals surface area contributed by atoms with E-state index in [1.54, 1.807) is 0 Å². The van der Waals surface area contributed by atoms with Gasteiger partial charge in [0.1, 0.15) is 17.5 Å². The Morgan fingerprint density at radius 2 is 1.68 bits per heavy atom. The Morgan fingerprint density at radius 3 is 2.32 bits per heavy atom. The highest BCUT2D eigenvalue weighted by Gasteiger charge is 2.40. The number of nitrogens with two attached hydrogens (primary N) is 1. The van der Waals surface area contributed by atoms with Crippen molar-refractivity contribution in [1.82, 2.24) is 4.90 Å². The molecule has 0 radical (unpaired) electrons. The minimum Gasteiger partial charge on any atom is -0.370 e. The summed E-state index contributed by atoms with van der Waals surface area (Å²) in [5, 5.41) is 0. The molecular weight excluding hydrogens is 333 g/mol. The first-order valence-electron chi connectivity index (χ1n) is 7.70. The maximum absolute atomic E-state index is 14.3. The number of hydrogen-bond acceptors (Lipinski definition) is 2. The Kier molecular flexibility index (Phi) is 4.48. The highest BCUT2D eigenvalue weighted by atomic mass is 19.1. The number of carbonyl (C=O) groups excluding carboxylic acids is 2. The van der Waals surface area contributed by atoms with Crippen molar-refractivity contribution in [1.29, 1.82) is 0 Å². The quantitative estimate of drug-likeness (QED) is 0.903. The highest BCUT2D eigenvalue weighted by Crippen LogP contribution is 2.40. The van der Waals surface area contributed by atoms with E-state index in [9.17, 15) is 22.8 Å². The largest absolute Gasteiger partial charge is 0.370 e. The van der Waals surface area contributed by atoms with Gasteiger partial charge in [0.25, 0.3) is 5.91 Å². The first kappa shape index (κ1) is 17.0. The van der Waals surface area contributed by atoms with Gasteiger partial charge in [-0.1, -0.05) is 12.1 Å². The molecule has 0 saturated carbocycles. The third-order valence-corrected chi connectivity index (χ3v) is 4.26. The molecule has 1 atom stereocenters. The summed E-state index contributed by atoms with van der Waals surface area (Å²) < 4.78 is 41.4. The highest BCUT2D eigenvalue weighted by molar-refractivity contribution is 5.99. The second-order valence-electron chi connectivity index (χ2n) is 5.90. The molecule has 2 aromatic rings. The van der Waals surface area contributed by atoms with Gasteiger partial charge in [-0.15, -0.1) is 0 Å². The van der Waals surface area contributed by atoms with Gasteiger partial charge in [0.05, 0.1) is 11.6 Å². The van der Waals surface area contributed by atoms with Crippen LogP contribution in [-0.4, -0.2) is 16.7 Å². The fraction of sp³-hybridized carbons (Fsp3) is 0.222. The van der Waals surface area contributed by atoms with Crippen LogP contribution in [0.1, 0.15) is 40.4 Å². The SMILES string of the molecule is NC(=O)CCC1c2c(F)ccc(F)c2C(=O)N1Cc1ccc(F)cc1. The van der Waals surface area contributed by atoms with Crippen LogP contribution in [0.15, 0.2) is 36.4 Å². The third kappa shape index (κ3) is 3.22. The first-order chi connectivity index (χ1) is 11.9. The number of benzene rings is 2. The van der Waals surface area contributed by atoms with Gasteiger partial charge in [0.15, 0.2) is 0 Å². The number of fused-ring (bicyclic) bond motifs is 1. The molecular formula is C18H15F3N2O2. The predicted octanol–water partition coefficient (Wildman–Crippen LogP) is 3.07. The van der Waals surface area contributed by atoms with Crippen molar-refractivity contribution >= 4 is 11.8 Å². The molecule has 0 spiro atoms. The molecule has 25 heavy (non-hydrogen) atoms. The Balaban J connectivity index is 1.99. The molecule has 0 bridgehead atoms. The van der Waals surface area contributed by atoms with E-state index in [1.165, 1.54) is 29.2 Å². The van der Waals surface area contributed by atoms with E-state index >= 15 is 0 Å². The van der Waals surface area contributed by atoms with Crippen LogP contribution in [0.3, 0.4) is 0 Å². The maximum atomic E-state index is 14.3. The molecule has 7 heteroatoms. The van der Waals surface area contributed by atoms with Crippen LogP contribution in [-0.2, 0) is 11.3 Å². The molecule has 2 N–H and O–H groups in total. The predicted molar refractivity (Wildman–Crippen MR) is 83.8 cm³/mol. The third-order valence-electron chi connectivity index (χ3n) is 4.26. The summed E-state index contributed by atoms with van der Waals surface area (Å²) in [6.45, 7) is 0.0378. The molecule has 1 unspecified atom stereocenters. The Morgan fingerprint density at radius 1 is 1.04 bits per heavy atom. The smallest absolute Gasteiger partial charge is 0.258 e. The van der Waals surface area contributed by atoms with Crippen LogP contribution < -0.4 is 5.73 Å². The number of halogens is 3. The molecule has 3 rings (SSSR count). The Labute approximate surface area is 142 Å². The van der Waals surface area contributed by atoms with Gasteiger partial charge < -0.3 is 10.6 Å². The van der Waals surface area contributed by atoms with Crippen molar-refractivity contribution in [3.8, 4) is 0 Å². The van der Waals surface area contributed by atoms with Crippen LogP contribution in [0.25, 0.3) is 0 Å². The second-order valence-corrected chi connectivity index (χ2v) is 5.90. The maximum Gasteiger partial charge on any atom is 0.258 e. The molecule has 0 saturated heterocycles. The average molecular weight is 348 g/mol. The number of nitrogens with zero attached hydrogens (tertiary/aromatic N) is 1. The molecule has 2 amide bonds. The van der Waals surface area contributed by atoms with E-state index in [-0.39, 0.29) is 30.5 Å². The summed E-state index contributed by atoms with van der Waals surface area (Å²) in [5.41, 5.74) is 5.38. The topological polar surface area (TPSA) is 63.4 Å². The number of carbonyl (C=O) groups is 2. The van der Waals surface area contributed by atoms with Gasteiger partial charge in [0, 0.05) is 18.5 Å². The lowest BCUT2D eigenvalue weighted by atomic mass is 9.99. The van der Waals surface area contributed by atoms with Crippen LogP contribution in [0.4, 0.5) is 13.2 Å². The standard InChI is InChI=1S/C18H15F3N2O2/c19-11-3-1-10(2-4-11)9-23-14(7-8-15(22)24)16-12(20)5-6-13(21)17(16)18(23)25/h1-6,14H,7-9H2,(H2,22,24). The summed E-state index contributed by atoms with van der Waals surface area (Å²) in [4.78, 5) is 25.0. The zero-order valence-corrected chi connectivity index (χ0v) is 13.1. The fourth-order valence-electron chi connectivity index (χ4n) is 3.10. The van der Waals surface area contributed by atoms with Crippen molar-refractivity contribution in [3.05, 3.63) is 70.5 Å². The number of amides is 2.